The summed E-state index contributed by atoms with van der Waals surface area (Å²) in [5, 5.41) is 28.6. The molecule has 0 aliphatic carbocycles. The highest BCUT2D eigenvalue weighted by Gasteiger charge is 2.10. The molecule has 4 rings (SSSR count). The van der Waals surface area contributed by atoms with Crippen molar-refractivity contribution in [1.29, 1.82) is 0 Å². The minimum Gasteiger partial charge on any atom is -0.508 e. The first kappa shape index (κ1) is 17.5. The van der Waals surface area contributed by atoms with Crippen LogP contribution in [-0.4, -0.2) is 15.3 Å². The fourth-order valence-electron chi connectivity index (χ4n) is 3.07. The van der Waals surface area contributed by atoms with Gasteiger partial charge in [-0.05, 0) is 46.5 Å². The van der Waals surface area contributed by atoms with Crippen LogP contribution in [0, 0.1) is 0 Å². The van der Waals surface area contributed by atoms with Crippen molar-refractivity contribution in [1.82, 2.24) is 0 Å². The highest BCUT2D eigenvalue weighted by molar-refractivity contribution is 5.83. The summed E-state index contributed by atoms with van der Waals surface area (Å²) in [6.07, 6.45) is 7.15. The number of furan rings is 1. The molecule has 0 saturated heterocycles. The lowest BCUT2D eigenvalue weighted by molar-refractivity contribution is 0.450. The van der Waals surface area contributed by atoms with Crippen molar-refractivity contribution in [3.05, 3.63) is 90.4 Å². The number of rotatable bonds is 4. The number of phenolic OH excluding ortho intramolecular Hbond substituents is 3. The highest BCUT2D eigenvalue weighted by Crippen LogP contribution is 2.34. The van der Waals surface area contributed by atoms with Gasteiger partial charge in [-0.2, -0.15) is 0 Å². The van der Waals surface area contributed by atoms with Crippen LogP contribution >= 0.6 is 0 Å². The quantitative estimate of drug-likeness (QED) is 0.391. The van der Waals surface area contributed by atoms with Crippen LogP contribution in [0.1, 0.15) is 11.1 Å². The second-order valence-electron chi connectivity index (χ2n) is 6.48. The van der Waals surface area contributed by atoms with Crippen molar-refractivity contribution in [2.75, 3.05) is 0 Å². The minimum absolute atomic E-state index is 0.0247. The van der Waals surface area contributed by atoms with E-state index in [1.165, 1.54) is 6.07 Å². The predicted molar refractivity (Wildman–Crippen MR) is 110 cm³/mol. The van der Waals surface area contributed by atoms with Crippen molar-refractivity contribution in [2.45, 2.75) is 0 Å². The molecule has 0 saturated carbocycles. The first-order valence-corrected chi connectivity index (χ1v) is 8.76. The molecule has 3 N–H and O–H groups in total. The Hall–Kier alpha value is -3.92. The van der Waals surface area contributed by atoms with E-state index in [4.69, 9.17) is 4.42 Å². The van der Waals surface area contributed by atoms with Crippen LogP contribution in [0.25, 0.3) is 34.4 Å². The Bertz CT molecular complexity index is 1100. The molecule has 0 aliphatic rings. The van der Waals surface area contributed by atoms with E-state index in [1.54, 1.807) is 36.8 Å². The molecule has 4 heteroatoms. The normalized spacial score (nSPS) is 11.1. The van der Waals surface area contributed by atoms with E-state index in [-0.39, 0.29) is 17.2 Å². The van der Waals surface area contributed by atoms with Crippen molar-refractivity contribution >= 4 is 12.2 Å². The molecular formula is C24H18O4. The number of hydrogen-bond donors (Lipinski definition) is 3. The molecule has 138 valence electrons. The van der Waals surface area contributed by atoms with E-state index in [1.807, 2.05) is 48.6 Å². The van der Waals surface area contributed by atoms with Gasteiger partial charge in [0.25, 0.3) is 0 Å². The molecule has 4 nitrogen and oxygen atoms in total. The molecule has 0 bridgehead atoms. The van der Waals surface area contributed by atoms with Gasteiger partial charge in [-0.25, -0.2) is 0 Å². The van der Waals surface area contributed by atoms with Gasteiger partial charge in [0.1, 0.15) is 17.2 Å². The fraction of sp³-hybridized carbons (Fsp3) is 0. The minimum atomic E-state index is 0.0247. The maximum Gasteiger partial charge on any atom is 0.119 e. The predicted octanol–water partition coefficient (Wildman–Crippen LogP) is 5.90. The lowest BCUT2D eigenvalue weighted by Gasteiger charge is -2.05. The molecule has 0 atom stereocenters. The SMILES string of the molecule is Oc1ccc(-c2cocc2-c2ccc(/C=C/c3cc(O)cc(O)c3)cc2)cc1. The summed E-state index contributed by atoms with van der Waals surface area (Å²) in [5.41, 5.74) is 5.61. The smallest absolute Gasteiger partial charge is 0.119 e. The summed E-state index contributed by atoms with van der Waals surface area (Å²) in [7, 11) is 0. The lowest BCUT2D eigenvalue weighted by Crippen LogP contribution is -1.81. The number of hydrogen-bond acceptors (Lipinski definition) is 4. The Balaban J connectivity index is 1.58. The standard InChI is InChI=1S/C24H18O4/c25-20-9-7-19(8-10-20)24-15-28-14-23(24)18-5-3-16(4-6-18)1-2-17-11-21(26)13-22(27)12-17/h1-15,25-27H/b2-1+. The second kappa shape index (κ2) is 7.37. The Kier molecular flexibility index (Phi) is 4.60. The van der Waals surface area contributed by atoms with Crippen molar-refractivity contribution in [2.24, 2.45) is 0 Å². The molecule has 0 aliphatic heterocycles. The maximum absolute atomic E-state index is 9.55. The lowest BCUT2D eigenvalue weighted by atomic mass is 9.98. The number of aromatic hydroxyl groups is 3. The van der Waals surface area contributed by atoms with Crippen molar-refractivity contribution in [3.8, 4) is 39.5 Å². The van der Waals surface area contributed by atoms with E-state index >= 15 is 0 Å². The average molecular weight is 370 g/mol. The van der Waals surface area contributed by atoms with Crippen LogP contribution < -0.4 is 0 Å². The summed E-state index contributed by atoms with van der Waals surface area (Å²) < 4.78 is 5.42. The van der Waals surface area contributed by atoms with E-state index in [0.717, 1.165) is 27.8 Å². The largest absolute Gasteiger partial charge is 0.508 e. The summed E-state index contributed by atoms with van der Waals surface area (Å²) in [4.78, 5) is 0. The third-order valence-corrected chi connectivity index (χ3v) is 4.46. The molecule has 1 aromatic heterocycles. The number of phenols is 3. The van der Waals surface area contributed by atoms with Crippen LogP contribution in [0.3, 0.4) is 0 Å². The van der Waals surface area contributed by atoms with Crippen LogP contribution in [0.4, 0.5) is 0 Å². The Morgan fingerprint density at radius 1 is 0.536 bits per heavy atom. The van der Waals surface area contributed by atoms with Gasteiger partial charge >= 0.3 is 0 Å². The Labute approximate surface area is 162 Å². The molecule has 0 fully saturated rings. The second-order valence-corrected chi connectivity index (χ2v) is 6.48. The van der Waals surface area contributed by atoms with Crippen LogP contribution in [0.5, 0.6) is 17.2 Å². The molecule has 1 heterocycles. The van der Waals surface area contributed by atoms with E-state index in [9.17, 15) is 15.3 Å². The first-order chi connectivity index (χ1) is 13.6. The van der Waals surface area contributed by atoms with Gasteiger partial charge in [0, 0.05) is 17.2 Å². The monoisotopic (exact) mass is 370 g/mol. The Morgan fingerprint density at radius 2 is 1.04 bits per heavy atom. The Morgan fingerprint density at radius 3 is 1.61 bits per heavy atom. The van der Waals surface area contributed by atoms with E-state index in [0.29, 0.717) is 5.56 Å². The van der Waals surface area contributed by atoms with Crippen LogP contribution in [-0.2, 0) is 0 Å². The fourth-order valence-corrected chi connectivity index (χ4v) is 3.07. The number of benzene rings is 3. The molecular weight excluding hydrogens is 352 g/mol. The van der Waals surface area contributed by atoms with Gasteiger partial charge in [0.2, 0.25) is 0 Å². The van der Waals surface area contributed by atoms with E-state index < -0.39 is 0 Å². The maximum atomic E-state index is 9.55. The summed E-state index contributed by atoms with van der Waals surface area (Å²) in [6.45, 7) is 0. The molecule has 0 spiro atoms. The topological polar surface area (TPSA) is 73.8 Å². The third kappa shape index (κ3) is 3.76. The molecule has 3 aromatic carbocycles. The average Bonchev–Trinajstić information content (AvgIpc) is 3.16. The van der Waals surface area contributed by atoms with Gasteiger partial charge in [-0.1, -0.05) is 48.6 Å². The van der Waals surface area contributed by atoms with Gasteiger partial charge in [0.15, 0.2) is 0 Å². The molecule has 28 heavy (non-hydrogen) atoms. The zero-order chi connectivity index (χ0) is 19.5. The van der Waals surface area contributed by atoms with Gasteiger partial charge < -0.3 is 19.7 Å². The summed E-state index contributed by atoms with van der Waals surface area (Å²) in [5.74, 6) is 0.276. The summed E-state index contributed by atoms with van der Waals surface area (Å²) in [6, 6.07) is 19.5. The molecule has 0 unspecified atom stereocenters. The zero-order valence-electron chi connectivity index (χ0n) is 14.9. The van der Waals surface area contributed by atoms with Crippen molar-refractivity contribution < 1.29 is 19.7 Å². The van der Waals surface area contributed by atoms with Crippen LogP contribution in [0.15, 0.2) is 83.7 Å². The summed E-state index contributed by atoms with van der Waals surface area (Å²) >= 11 is 0. The van der Waals surface area contributed by atoms with Gasteiger partial charge in [0.05, 0.1) is 12.5 Å². The van der Waals surface area contributed by atoms with Crippen molar-refractivity contribution in [3.63, 3.8) is 0 Å². The van der Waals surface area contributed by atoms with Crippen LogP contribution in [0.2, 0.25) is 0 Å². The molecule has 0 amide bonds. The molecule has 0 radical (unpaired) electrons. The van der Waals surface area contributed by atoms with Gasteiger partial charge in [-0.3, -0.25) is 0 Å². The first-order valence-electron chi connectivity index (χ1n) is 8.76. The third-order valence-electron chi connectivity index (χ3n) is 4.46. The highest BCUT2D eigenvalue weighted by atomic mass is 16.3. The zero-order valence-corrected chi connectivity index (χ0v) is 14.9. The molecule has 4 aromatic rings. The van der Waals surface area contributed by atoms with Gasteiger partial charge in [-0.15, -0.1) is 0 Å². The van der Waals surface area contributed by atoms with E-state index in [2.05, 4.69) is 0 Å².